The third kappa shape index (κ3) is 2.71. The molecule has 0 atom stereocenters. The maximum atomic E-state index is 6.25. The van der Waals surface area contributed by atoms with Crippen LogP contribution in [0.1, 0.15) is 5.56 Å². The molecule has 6 rings (SSSR count). The van der Waals surface area contributed by atoms with Crippen molar-refractivity contribution in [3.63, 3.8) is 0 Å². The molecule has 3 aromatic carbocycles. The Kier molecular flexibility index (Phi) is 3.90. The van der Waals surface area contributed by atoms with Crippen LogP contribution >= 0.6 is 11.6 Å². The van der Waals surface area contributed by atoms with Gasteiger partial charge in [0.1, 0.15) is 5.65 Å². The second kappa shape index (κ2) is 6.75. The van der Waals surface area contributed by atoms with E-state index in [9.17, 15) is 0 Å². The van der Waals surface area contributed by atoms with Crippen molar-refractivity contribution >= 4 is 39.1 Å². The van der Waals surface area contributed by atoms with Crippen molar-refractivity contribution in [3.05, 3.63) is 108 Å². The number of imidazole rings is 1. The van der Waals surface area contributed by atoms with Gasteiger partial charge in [-0.3, -0.25) is 4.40 Å². The fourth-order valence-electron chi connectivity index (χ4n) is 4.32. The number of aromatic nitrogens is 3. The van der Waals surface area contributed by atoms with Gasteiger partial charge in [0, 0.05) is 39.6 Å². The second-order valence-corrected chi connectivity index (χ2v) is 7.98. The normalized spacial score (nSPS) is 11.6. The molecule has 0 saturated carbocycles. The molecule has 0 spiro atoms. The largest absolute Gasteiger partial charge is 0.335 e. The van der Waals surface area contributed by atoms with Crippen LogP contribution in [0, 0.1) is 0 Å². The van der Waals surface area contributed by atoms with Gasteiger partial charge in [-0.05, 0) is 29.8 Å². The van der Waals surface area contributed by atoms with E-state index in [1.54, 1.807) is 0 Å². The number of pyridine rings is 1. The van der Waals surface area contributed by atoms with E-state index in [-0.39, 0.29) is 0 Å². The highest BCUT2D eigenvalue weighted by atomic mass is 35.5. The van der Waals surface area contributed by atoms with Crippen molar-refractivity contribution in [2.24, 2.45) is 0 Å². The van der Waals surface area contributed by atoms with Crippen LogP contribution in [0.15, 0.2) is 97.3 Å². The van der Waals surface area contributed by atoms with Crippen LogP contribution in [-0.2, 0) is 6.54 Å². The predicted octanol–water partition coefficient (Wildman–Crippen LogP) is 6.81. The molecule has 30 heavy (non-hydrogen) atoms. The summed E-state index contributed by atoms with van der Waals surface area (Å²) < 4.78 is 4.55. The number of hydrogen-bond acceptors (Lipinski definition) is 1. The molecule has 0 bridgehead atoms. The zero-order valence-electron chi connectivity index (χ0n) is 16.2. The van der Waals surface area contributed by atoms with Crippen molar-refractivity contribution in [2.45, 2.75) is 6.54 Å². The van der Waals surface area contributed by atoms with Crippen LogP contribution in [0.2, 0.25) is 5.02 Å². The van der Waals surface area contributed by atoms with Gasteiger partial charge in [0.15, 0.2) is 0 Å². The van der Waals surface area contributed by atoms with E-state index in [1.807, 2.05) is 30.5 Å². The molecule has 0 aliphatic rings. The molecule has 0 fully saturated rings. The van der Waals surface area contributed by atoms with Gasteiger partial charge >= 0.3 is 0 Å². The van der Waals surface area contributed by atoms with Crippen LogP contribution < -0.4 is 0 Å². The van der Waals surface area contributed by atoms with E-state index >= 15 is 0 Å². The smallest absolute Gasteiger partial charge is 0.137 e. The van der Waals surface area contributed by atoms with Gasteiger partial charge in [-0.25, -0.2) is 4.98 Å². The summed E-state index contributed by atoms with van der Waals surface area (Å²) in [4.78, 5) is 4.69. The lowest BCUT2D eigenvalue weighted by atomic mass is 10.1. The average molecular weight is 408 g/mol. The van der Waals surface area contributed by atoms with Crippen molar-refractivity contribution in [3.8, 4) is 11.3 Å². The van der Waals surface area contributed by atoms with Crippen LogP contribution in [0.4, 0.5) is 0 Å². The Morgan fingerprint density at radius 1 is 0.767 bits per heavy atom. The SMILES string of the molecule is Clc1cccc(Cn2c3ccccc3c3cc4ncc(-c5ccccc5)n4cc32)c1. The Bertz CT molecular complexity index is 1530. The first-order valence-electron chi connectivity index (χ1n) is 9.96. The highest BCUT2D eigenvalue weighted by Crippen LogP contribution is 2.32. The van der Waals surface area contributed by atoms with E-state index in [2.05, 4.69) is 75.8 Å². The summed E-state index contributed by atoms with van der Waals surface area (Å²) in [6.45, 7) is 0.755. The minimum atomic E-state index is 0.755. The van der Waals surface area contributed by atoms with E-state index in [1.165, 1.54) is 27.4 Å². The van der Waals surface area contributed by atoms with E-state index < -0.39 is 0 Å². The van der Waals surface area contributed by atoms with E-state index in [0.717, 1.165) is 28.5 Å². The Balaban J connectivity index is 1.64. The molecule has 0 saturated heterocycles. The number of fused-ring (bicyclic) bond motifs is 4. The molecule has 3 heterocycles. The summed E-state index contributed by atoms with van der Waals surface area (Å²) in [7, 11) is 0. The Hall–Kier alpha value is -3.56. The summed E-state index contributed by atoms with van der Waals surface area (Å²) in [6, 6.07) is 29.2. The van der Waals surface area contributed by atoms with Crippen molar-refractivity contribution < 1.29 is 0 Å². The molecule has 0 N–H and O–H groups in total. The van der Waals surface area contributed by atoms with E-state index in [0.29, 0.717) is 0 Å². The Labute approximate surface area is 178 Å². The zero-order chi connectivity index (χ0) is 20.1. The number of benzene rings is 3. The van der Waals surface area contributed by atoms with Crippen LogP contribution in [0.5, 0.6) is 0 Å². The maximum Gasteiger partial charge on any atom is 0.137 e. The lowest BCUT2D eigenvalue weighted by Crippen LogP contribution is -2.00. The monoisotopic (exact) mass is 407 g/mol. The van der Waals surface area contributed by atoms with Crippen LogP contribution in [0.25, 0.3) is 38.7 Å². The third-order valence-electron chi connectivity index (χ3n) is 5.70. The highest BCUT2D eigenvalue weighted by molar-refractivity contribution is 6.30. The molecule has 4 heteroatoms. The quantitative estimate of drug-likeness (QED) is 0.316. The van der Waals surface area contributed by atoms with E-state index in [4.69, 9.17) is 16.6 Å². The number of hydrogen-bond donors (Lipinski definition) is 0. The summed E-state index contributed by atoms with van der Waals surface area (Å²) >= 11 is 6.25. The zero-order valence-corrected chi connectivity index (χ0v) is 16.9. The minimum Gasteiger partial charge on any atom is -0.335 e. The molecule has 3 nitrogen and oxygen atoms in total. The molecule has 144 valence electrons. The van der Waals surface area contributed by atoms with Crippen LogP contribution in [-0.4, -0.2) is 14.0 Å². The van der Waals surface area contributed by atoms with Gasteiger partial charge in [-0.1, -0.05) is 72.3 Å². The Morgan fingerprint density at radius 3 is 2.47 bits per heavy atom. The van der Waals surface area contributed by atoms with Gasteiger partial charge in [0.25, 0.3) is 0 Å². The van der Waals surface area contributed by atoms with Gasteiger partial charge in [-0.2, -0.15) is 0 Å². The molecular weight excluding hydrogens is 390 g/mol. The number of para-hydroxylation sites is 1. The standard InChI is InChI=1S/C26H18ClN3/c27-20-10-6-7-18(13-20)16-29-23-12-5-4-11-21(23)22-14-26-28-15-24(30(26)17-25(22)29)19-8-2-1-3-9-19/h1-15,17H,16H2. The minimum absolute atomic E-state index is 0.755. The fourth-order valence-corrected chi connectivity index (χ4v) is 4.53. The lowest BCUT2D eigenvalue weighted by Gasteiger charge is -2.09. The van der Waals surface area contributed by atoms with Gasteiger partial charge < -0.3 is 4.57 Å². The second-order valence-electron chi connectivity index (χ2n) is 7.54. The first kappa shape index (κ1) is 17.3. The number of nitrogens with zero attached hydrogens (tertiary/aromatic N) is 3. The third-order valence-corrected chi connectivity index (χ3v) is 5.94. The maximum absolute atomic E-state index is 6.25. The van der Waals surface area contributed by atoms with Gasteiger partial charge in [-0.15, -0.1) is 0 Å². The molecule has 0 amide bonds. The molecule has 3 aromatic heterocycles. The highest BCUT2D eigenvalue weighted by Gasteiger charge is 2.14. The van der Waals surface area contributed by atoms with Crippen molar-refractivity contribution in [1.82, 2.24) is 14.0 Å². The molecule has 6 aromatic rings. The van der Waals surface area contributed by atoms with Crippen LogP contribution in [0.3, 0.4) is 0 Å². The molecule has 0 unspecified atom stereocenters. The number of rotatable bonds is 3. The lowest BCUT2D eigenvalue weighted by molar-refractivity contribution is 0.865. The first-order valence-corrected chi connectivity index (χ1v) is 10.3. The summed E-state index contributed by atoms with van der Waals surface area (Å²) in [5, 5.41) is 3.21. The summed E-state index contributed by atoms with van der Waals surface area (Å²) in [5.41, 5.74) is 6.76. The number of halogens is 1. The molecule has 0 aliphatic heterocycles. The fraction of sp³-hybridized carbons (Fsp3) is 0.0385. The summed E-state index contributed by atoms with van der Waals surface area (Å²) in [5.74, 6) is 0. The van der Waals surface area contributed by atoms with Gasteiger partial charge in [0.2, 0.25) is 0 Å². The summed E-state index contributed by atoms with van der Waals surface area (Å²) in [6.07, 6.45) is 4.16. The van der Waals surface area contributed by atoms with Crippen molar-refractivity contribution in [2.75, 3.05) is 0 Å². The molecule has 0 aliphatic carbocycles. The first-order chi connectivity index (χ1) is 14.8. The Morgan fingerprint density at radius 2 is 1.60 bits per heavy atom. The van der Waals surface area contributed by atoms with Gasteiger partial charge in [0.05, 0.1) is 17.4 Å². The molecule has 0 radical (unpaired) electrons. The average Bonchev–Trinajstić information content (AvgIpc) is 3.32. The molecular formula is C26H18ClN3. The van der Waals surface area contributed by atoms with Crippen molar-refractivity contribution in [1.29, 1.82) is 0 Å². The topological polar surface area (TPSA) is 22.2 Å². The predicted molar refractivity (Wildman–Crippen MR) is 124 cm³/mol.